The average molecular weight is 246 g/mol. The Morgan fingerprint density at radius 1 is 1.44 bits per heavy atom. The zero-order valence-corrected chi connectivity index (χ0v) is 10.2. The molecule has 4 nitrogen and oxygen atoms in total. The van der Waals surface area contributed by atoms with Crippen LogP contribution in [0, 0.1) is 5.92 Å². The molecule has 1 atom stereocenters. The molecule has 0 aliphatic heterocycles. The number of amides is 1. The Hall–Kier alpha value is -1.97. The van der Waals surface area contributed by atoms with Gasteiger partial charge in [-0.3, -0.25) is 4.79 Å². The molecule has 1 amide bonds. The van der Waals surface area contributed by atoms with Crippen molar-refractivity contribution in [3.8, 4) is 5.75 Å². The van der Waals surface area contributed by atoms with Gasteiger partial charge >= 0.3 is 0 Å². The third-order valence-electron chi connectivity index (χ3n) is 3.22. The van der Waals surface area contributed by atoms with E-state index in [0.29, 0.717) is 18.0 Å². The average Bonchev–Trinajstić information content (AvgIpc) is 2.40. The highest BCUT2D eigenvalue weighted by molar-refractivity contribution is 5.95. The molecule has 1 aliphatic carbocycles. The first kappa shape index (κ1) is 12.5. The van der Waals surface area contributed by atoms with Crippen LogP contribution in [0.1, 0.15) is 29.6 Å². The number of benzene rings is 1. The topological polar surface area (TPSA) is 75.4 Å². The molecule has 1 aromatic carbocycles. The van der Waals surface area contributed by atoms with Gasteiger partial charge in [0.2, 0.25) is 0 Å². The van der Waals surface area contributed by atoms with Crippen LogP contribution in [0.4, 0.5) is 5.69 Å². The highest BCUT2D eigenvalue weighted by atomic mass is 16.3. The quantitative estimate of drug-likeness (QED) is 0.434. The smallest absolute Gasteiger partial charge is 0.251 e. The molecular formula is C14H18N2O2. The zero-order chi connectivity index (χ0) is 13.0. The molecule has 96 valence electrons. The second kappa shape index (κ2) is 5.58. The Morgan fingerprint density at radius 2 is 2.28 bits per heavy atom. The van der Waals surface area contributed by atoms with Crippen LogP contribution in [-0.4, -0.2) is 17.6 Å². The van der Waals surface area contributed by atoms with Gasteiger partial charge in [0, 0.05) is 12.1 Å². The van der Waals surface area contributed by atoms with Crippen LogP contribution in [0.5, 0.6) is 5.75 Å². The number of phenols is 1. The Kier molecular flexibility index (Phi) is 3.87. The molecule has 2 rings (SSSR count). The Bertz CT molecular complexity index is 469. The van der Waals surface area contributed by atoms with Crippen LogP contribution >= 0.6 is 0 Å². The maximum Gasteiger partial charge on any atom is 0.251 e. The van der Waals surface area contributed by atoms with Crippen LogP contribution in [-0.2, 0) is 0 Å². The fourth-order valence-corrected chi connectivity index (χ4v) is 2.07. The third-order valence-corrected chi connectivity index (χ3v) is 3.22. The monoisotopic (exact) mass is 246 g/mol. The van der Waals surface area contributed by atoms with E-state index in [0.717, 1.165) is 19.3 Å². The first-order chi connectivity index (χ1) is 8.66. The van der Waals surface area contributed by atoms with Gasteiger partial charge in [0.1, 0.15) is 5.75 Å². The van der Waals surface area contributed by atoms with Crippen molar-refractivity contribution < 1.29 is 9.90 Å². The van der Waals surface area contributed by atoms with Crippen molar-refractivity contribution in [3.63, 3.8) is 0 Å². The van der Waals surface area contributed by atoms with E-state index in [4.69, 9.17) is 5.73 Å². The molecule has 0 radical (unpaired) electrons. The lowest BCUT2D eigenvalue weighted by Gasteiger charge is -2.18. The van der Waals surface area contributed by atoms with E-state index in [-0.39, 0.29) is 17.3 Å². The van der Waals surface area contributed by atoms with Crippen molar-refractivity contribution in [2.45, 2.75) is 19.3 Å². The number of anilines is 1. The van der Waals surface area contributed by atoms with Gasteiger partial charge in [0.05, 0.1) is 5.69 Å². The summed E-state index contributed by atoms with van der Waals surface area (Å²) in [7, 11) is 0. The van der Waals surface area contributed by atoms with E-state index in [1.807, 2.05) is 0 Å². The minimum Gasteiger partial charge on any atom is -0.506 e. The molecule has 4 N–H and O–H groups in total. The molecule has 0 fully saturated rings. The fraction of sp³-hybridized carbons (Fsp3) is 0.357. The number of allylic oxidation sites excluding steroid dienone is 2. The first-order valence-electron chi connectivity index (χ1n) is 6.18. The zero-order valence-electron chi connectivity index (χ0n) is 10.2. The van der Waals surface area contributed by atoms with E-state index in [1.54, 1.807) is 6.07 Å². The Morgan fingerprint density at radius 3 is 2.94 bits per heavy atom. The van der Waals surface area contributed by atoms with Gasteiger partial charge in [-0.05, 0) is 43.4 Å². The van der Waals surface area contributed by atoms with Gasteiger partial charge in [0.15, 0.2) is 0 Å². The lowest BCUT2D eigenvalue weighted by Crippen LogP contribution is -2.29. The fourth-order valence-electron chi connectivity index (χ4n) is 2.07. The van der Waals surface area contributed by atoms with Crippen molar-refractivity contribution in [1.82, 2.24) is 5.32 Å². The number of hydrogen-bond acceptors (Lipinski definition) is 3. The summed E-state index contributed by atoms with van der Waals surface area (Å²) in [4.78, 5) is 11.9. The van der Waals surface area contributed by atoms with E-state index in [9.17, 15) is 9.90 Å². The highest BCUT2D eigenvalue weighted by Gasteiger charge is 2.13. The van der Waals surface area contributed by atoms with E-state index < -0.39 is 0 Å². The summed E-state index contributed by atoms with van der Waals surface area (Å²) in [5, 5.41) is 12.3. The van der Waals surface area contributed by atoms with Gasteiger partial charge in [-0.2, -0.15) is 0 Å². The van der Waals surface area contributed by atoms with Crippen LogP contribution in [0.25, 0.3) is 0 Å². The van der Waals surface area contributed by atoms with Gasteiger partial charge in [-0.15, -0.1) is 0 Å². The molecule has 0 bridgehead atoms. The van der Waals surface area contributed by atoms with Gasteiger partial charge in [-0.1, -0.05) is 12.2 Å². The van der Waals surface area contributed by atoms with Crippen molar-refractivity contribution in [1.29, 1.82) is 0 Å². The summed E-state index contributed by atoms with van der Waals surface area (Å²) >= 11 is 0. The van der Waals surface area contributed by atoms with Gasteiger partial charge in [0.25, 0.3) is 5.91 Å². The standard InChI is InChI=1S/C14H18N2O2/c15-12-7-6-11(8-13(12)17)14(18)16-9-10-4-2-1-3-5-10/h1-2,6-8,10,17H,3-5,9,15H2,(H,16,18). The van der Waals surface area contributed by atoms with E-state index >= 15 is 0 Å². The lowest BCUT2D eigenvalue weighted by molar-refractivity contribution is 0.0946. The number of carbonyl (C=O) groups is 1. The summed E-state index contributed by atoms with van der Waals surface area (Å²) in [6.07, 6.45) is 7.56. The summed E-state index contributed by atoms with van der Waals surface area (Å²) in [5.74, 6) is 0.296. The van der Waals surface area contributed by atoms with E-state index in [2.05, 4.69) is 17.5 Å². The molecule has 4 heteroatoms. The number of rotatable bonds is 3. The van der Waals surface area contributed by atoms with Crippen LogP contribution in [0.15, 0.2) is 30.4 Å². The molecular weight excluding hydrogens is 228 g/mol. The lowest BCUT2D eigenvalue weighted by atomic mass is 9.94. The van der Waals surface area contributed by atoms with Gasteiger partial charge < -0.3 is 16.2 Å². The summed E-state index contributed by atoms with van der Waals surface area (Å²) < 4.78 is 0. The summed E-state index contributed by atoms with van der Waals surface area (Å²) in [5.41, 5.74) is 6.21. The molecule has 1 aliphatic rings. The second-order valence-electron chi connectivity index (χ2n) is 4.63. The van der Waals surface area contributed by atoms with Crippen LogP contribution in [0.3, 0.4) is 0 Å². The molecule has 1 aromatic rings. The largest absolute Gasteiger partial charge is 0.506 e. The molecule has 0 saturated heterocycles. The van der Waals surface area contributed by atoms with Crippen LogP contribution < -0.4 is 11.1 Å². The number of nitrogens with one attached hydrogen (secondary N) is 1. The highest BCUT2D eigenvalue weighted by Crippen LogP contribution is 2.21. The predicted molar refractivity (Wildman–Crippen MR) is 71.3 cm³/mol. The summed E-state index contributed by atoms with van der Waals surface area (Å²) in [6, 6.07) is 4.55. The Labute approximate surface area is 107 Å². The minimum atomic E-state index is -0.167. The SMILES string of the molecule is Nc1ccc(C(=O)NCC2CC=CCC2)cc1O. The molecule has 0 aromatic heterocycles. The number of hydrogen-bond donors (Lipinski definition) is 3. The summed E-state index contributed by atoms with van der Waals surface area (Å²) in [6.45, 7) is 0.675. The normalized spacial score (nSPS) is 18.6. The molecule has 0 heterocycles. The number of carbonyl (C=O) groups excluding carboxylic acids is 1. The maximum atomic E-state index is 11.9. The minimum absolute atomic E-state index is 0.0525. The number of nitrogen functional groups attached to an aromatic ring is 1. The van der Waals surface area contributed by atoms with Crippen molar-refractivity contribution in [2.24, 2.45) is 5.92 Å². The molecule has 0 spiro atoms. The second-order valence-corrected chi connectivity index (χ2v) is 4.63. The number of aromatic hydroxyl groups is 1. The van der Waals surface area contributed by atoms with Gasteiger partial charge in [-0.25, -0.2) is 0 Å². The Balaban J connectivity index is 1.91. The first-order valence-corrected chi connectivity index (χ1v) is 6.18. The van der Waals surface area contributed by atoms with Crippen molar-refractivity contribution >= 4 is 11.6 Å². The maximum absolute atomic E-state index is 11.9. The number of nitrogens with two attached hydrogens (primary N) is 1. The van der Waals surface area contributed by atoms with E-state index in [1.165, 1.54) is 12.1 Å². The number of phenolic OH excluding ortho intramolecular Hbond substituents is 1. The predicted octanol–water partition coefficient (Wildman–Crippen LogP) is 2.06. The molecule has 1 unspecified atom stereocenters. The third kappa shape index (κ3) is 3.03. The van der Waals surface area contributed by atoms with Crippen molar-refractivity contribution in [2.75, 3.05) is 12.3 Å². The molecule has 0 saturated carbocycles. The van der Waals surface area contributed by atoms with Crippen molar-refractivity contribution in [3.05, 3.63) is 35.9 Å². The van der Waals surface area contributed by atoms with Crippen LogP contribution in [0.2, 0.25) is 0 Å². The molecule has 18 heavy (non-hydrogen) atoms.